The van der Waals surface area contributed by atoms with E-state index in [1.54, 1.807) is 4.90 Å². The summed E-state index contributed by atoms with van der Waals surface area (Å²) in [7, 11) is -10.5. The van der Waals surface area contributed by atoms with E-state index >= 15 is 0 Å². The van der Waals surface area contributed by atoms with Crippen molar-refractivity contribution in [2.75, 3.05) is 57.3 Å². The molecule has 4 aliphatic heterocycles. The fourth-order valence-electron chi connectivity index (χ4n) is 8.42. The minimum Gasteiger partial charge on any atom is -0.444 e. The molecule has 2 aromatic carbocycles. The highest BCUT2D eigenvalue weighted by Crippen LogP contribution is 2.37. The van der Waals surface area contributed by atoms with Crippen LogP contribution in [0.1, 0.15) is 92.9 Å². The molecule has 2 aromatic rings. The Bertz CT molecular complexity index is 2070. The number of halogens is 8. The Hall–Kier alpha value is -3.01. The Morgan fingerprint density at radius 3 is 1.17 bits per heavy atom. The molecule has 0 aromatic heterocycles. The van der Waals surface area contributed by atoms with Gasteiger partial charge in [-0.1, -0.05) is 15.9 Å². The van der Waals surface area contributed by atoms with Gasteiger partial charge in [-0.2, -0.15) is 26.3 Å². The number of carbonyl (C=O) groups excluding carboxylic acids is 2. The van der Waals surface area contributed by atoms with Gasteiger partial charge in [0.1, 0.15) is 11.2 Å². The molecule has 6 rings (SSSR count). The Morgan fingerprint density at radius 1 is 0.545 bits per heavy atom. The first-order valence-corrected chi connectivity index (χ1v) is 25.6. The van der Waals surface area contributed by atoms with E-state index in [-0.39, 0.29) is 30.2 Å². The quantitative estimate of drug-likeness (QED) is 0.288. The van der Waals surface area contributed by atoms with Crippen molar-refractivity contribution in [2.24, 2.45) is 23.7 Å². The molecule has 0 aliphatic carbocycles. The Balaban J connectivity index is 0.000000288. The molecule has 2 amide bonds. The van der Waals surface area contributed by atoms with Crippen LogP contribution in [0.3, 0.4) is 0 Å². The van der Waals surface area contributed by atoms with Gasteiger partial charge in [0, 0.05) is 49.4 Å². The maximum Gasteiger partial charge on any atom is 0.501 e. The highest BCUT2D eigenvalue weighted by Gasteiger charge is 2.47. The van der Waals surface area contributed by atoms with Gasteiger partial charge >= 0.3 is 23.2 Å². The lowest BCUT2D eigenvalue weighted by Gasteiger charge is -2.41. The number of nitrogens with one attached hydrogen (secondary N) is 1. The van der Waals surface area contributed by atoms with Crippen LogP contribution < -0.4 is 10.2 Å². The van der Waals surface area contributed by atoms with Gasteiger partial charge in [0.05, 0.1) is 9.79 Å². The zero-order valence-corrected chi connectivity index (χ0v) is 42.3. The molecule has 4 saturated heterocycles. The number of nitrogens with zero attached hydrogens (tertiary/aromatic N) is 3. The van der Waals surface area contributed by atoms with Crippen LogP contribution in [0.4, 0.5) is 41.6 Å². The van der Waals surface area contributed by atoms with Gasteiger partial charge in [-0.3, -0.25) is 0 Å². The molecule has 0 atom stereocenters. The van der Waals surface area contributed by atoms with E-state index in [1.165, 1.54) is 37.1 Å². The molecule has 0 saturated carbocycles. The zero-order chi connectivity index (χ0) is 48.6. The van der Waals surface area contributed by atoms with Gasteiger partial charge in [0.15, 0.2) is 0 Å². The normalized spacial score (nSPS) is 19.1. The third-order valence-electron chi connectivity index (χ3n) is 11.9. The van der Waals surface area contributed by atoms with Gasteiger partial charge in [-0.15, -0.1) is 12.4 Å². The van der Waals surface area contributed by atoms with Crippen molar-refractivity contribution in [3.8, 4) is 0 Å². The summed E-state index contributed by atoms with van der Waals surface area (Å²) in [4.78, 5) is 28.5. The van der Waals surface area contributed by atoms with Crippen molar-refractivity contribution in [2.45, 2.75) is 125 Å². The number of amides is 2. The summed E-state index contributed by atoms with van der Waals surface area (Å²) in [6, 6.07) is 9.20. The SMILES string of the molecule is CC(C)(C)OC(=O)N1CCC(C2CCN(c3ccc(S(=O)(=O)C(F)(F)F)cc3)CC2)CC1.CC(C)(C)OC(=O)N1CCC(C2CCNCC2)CC1.Cl.O=S(=O)(c1ccc(Br)cc1)C(F)(F)F. The molecule has 376 valence electrons. The number of alkyl halides is 6. The monoisotopic (exact) mass is 1070 g/mol. The number of ether oxygens (including phenoxy) is 2. The van der Waals surface area contributed by atoms with Gasteiger partial charge in [-0.05, 0) is 178 Å². The summed E-state index contributed by atoms with van der Waals surface area (Å²) in [5, 5.41) is 3.42. The summed E-state index contributed by atoms with van der Waals surface area (Å²) >= 11 is 2.99. The number of anilines is 1. The third-order valence-corrected chi connectivity index (χ3v) is 15.4. The minimum atomic E-state index is -5.32. The Kier molecular flexibility index (Phi) is 20.4. The molecular formula is C44H64BrClF6N4O8S2. The second kappa shape index (κ2) is 23.5. The Labute approximate surface area is 400 Å². The highest BCUT2D eigenvalue weighted by atomic mass is 79.9. The Morgan fingerprint density at radius 2 is 0.848 bits per heavy atom. The summed E-state index contributed by atoms with van der Waals surface area (Å²) < 4.78 is 130. The summed E-state index contributed by atoms with van der Waals surface area (Å²) in [6.45, 7) is 18.3. The molecule has 0 spiro atoms. The van der Waals surface area contributed by atoms with Crippen LogP contribution in [0, 0.1) is 23.7 Å². The highest BCUT2D eigenvalue weighted by molar-refractivity contribution is 9.10. The smallest absolute Gasteiger partial charge is 0.444 e. The molecule has 66 heavy (non-hydrogen) atoms. The number of hydrogen-bond acceptors (Lipinski definition) is 10. The van der Waals surface area contributed by atoms with Crippen LogP contribution in [0.2, 0.25) is 0 Å². The number of rotatable bonds is 5. The number of likely N-dealkylation sites (tertiary alicyclic amines) is 2. The number of benzene rings is 2. The average molecular weight is 1070 g/mol. The van der Waals surface area contributed by atoms with E-state index in [9.17, 15) is 52.8 Å². The van der Waals surface area contributed by atoms with Crippen molar-refractivity contribution >= 4 is 65.9 Å². The van der Waals surface area contributed by atoms with Gasteiger partial charge in [0.25, 0.3) is 19.7 Å². The summed E-state index contributed by atoms with van der Waals surface area (Å²) in [5.74, 6) is 2.75. The molecule has 12 nitrogen and oxygen atoms in total. The first-order chi connectivity index (χ1) is 30.0. The molecule has 22 heteroatoms. The largest absolute Gasteiger partial charge is 0.501 e. The molecule has 1 N–H and O–H groups in total. The maximum absolute atomic E-state index is 12.7. The lowest BCUT2D eigenvalue weighted by atomic mass is 9.79. The van der Waals surface area contributed by atoms with Crippen molar-refractivity contribution in [1.82, 2.24) is 15.1 Å². The number of piperidine rings is 4. The number of sulfone groups is 2. The summed E-state index contributed by atoms with van der Waals surface area (Å²) in [6.07, 6.45) is 8.28. The van der Waals surface area contributed by atoms with E-state index in [0.717, 1.165) is 120 Å². The van der Waals surface area contributed by atoms with E-state index in [4.69, 9.17) is 9.47 Å². The van der Waals surface area contributed by atoms with Gasteiger partial charge in [-0.25, -0.2) is 26.4 Å². The molecule has 0 bridgehead atoms. The van der Waals surface area contributed by atoms with E-state index in [2.05, 4.69) is 26.1 Å². The first kappa shape index (κ1) is 57.3. The molecule has 4 heterocycles. The topological polar surface area (TPSA) is 143 Å². The third kappa shape index (κ3) is 16.6. The molecular weight excluding hydrogens is 1010 g/mol. The minimum absolute atomic E-state index is 0. The van der Waals surface area contributed by atoms with E-state index < -0.39 is 46.1 Å². The van der Waals surface area contributed by atoms with Crippen molar-refractivity contribution < 1.29 is 62.2 Å². The van der Waals surface area contributed by atoms with Crippen LogP contribution in [-0.2, 0) is 29.1 Å². The zero-order valence-electron chi connectivity index (χ0n) is 38.2. The van der Waals surface area contributed by atoms with Crippen LogP contribution in [-0.4, -0.2) is 113 Å². The molecule has 4 aliphatic rings. The van der Waals surface area contributed by atoms with E-state index in [1.807, 2.05) is 46.4 Å². The second-order valence-electron chi connectivity index (χ2n) is 18.9. The van der Waals surface area contributed by atoms with Gasteiger partial charge in [0.2, 0.25) is 0 Å². The average Bonchev–Trinajstić information content (AvgIpc) is 3.23. The standard InChI is InChI=1S/C22H31F3N2O4S.C15H28N2O2.C7H4BrF3O2S.ClH/c1-21(2,3)31-20(28)27-14-10-17(11-15-27)16-8-12-26(13-9-16)18-4-6-19(7-5-18)32(29,30)22(23,24)25;1-15(2,3)19-14(18)17-10-6-13(7-11-17)12-4-8-16-9-5-12;8-5-1-3-6(4-2-5)14(12,13)7(9,10)11;/h4-7,16-17H,8-15H2,1-3H3;12-13,16H,4-11H2,1-3H3;1-4H;1H. The lowest BCUT2D eigenvalue weighted by Crippen LogP contribution is -2.44. The molecule has 4 fully saturated rings. The van der Waals surface area contributed by atoms with Crippen LogP contribution in [0.5, 0.6) is 0 Å². The maximum atomic E-state index is 12.7. The number of carbonyl (C=O) groups is 2. The van der Waals surface area contributed by atoms with Gasteiger partial charge < -0.3 is 29.5 Å². The molecule has 0 unspecified atom stereocenters. The summed E-state index contributed by atoms with van der Waals surface area (Å²) in [5.41, 5.74) is -10.7. The van der Waals surface area contributed by atoms with Crippen molar-refractivity contribution in [3.05, 3.63) is 53.0 Å². The van der Waals surface area contributed by atoms with Crippen molar-refractivity contribution in [1.29, 1.82) is 0 Å². The predicted octanol–water partition coefficient (Wildman–Crippen LogP) is 10.6. The van der Waals surface area contributed by atoms with Crippen molar-refractivity contribution in [3.63, 3.8) is 0 Å². The van der Waals surface area contributed by atoms with Crippen LogP contribution >= 0.6 is 28.3 Å². The fourth-order valence-corrected chi connectivity index (χ4v) is 10.2. The number of hydrogen-bond donors (Lipinski definition) is 1. The van der Waals surface area contributed by atoms with Crippen LogP contribution in [0.15, 0.2) is 62.8 Å². The lowest BCUT2D eigenvalue weighted by molar-refractivity contribution is -0.0442. The first-order valence-electron chi connectivity index (χ1n) is 21.9. The molecule has 0 radical (unpaired) electrons. The van der Waals surface area contributed by atoms with Crippen LogP contribution in [0.25, 0.3) is 0 Å². The second-order valence-corrected chi connectivity index (χ2v) is 23.7. The van der Waals surface area contributed by atoms with E-state index in [0.29, 0.717) is 29.4 Å². The fraction of sp³-hybridized carbons (Fsp3) is 0.682. The predicted molar refractivity (Wildman–Crippen MR) is 246 cm³/mol.